The first kappa shape index (κ1) is 21.2. The summed E-state index contributed by atoms with van der Waals surface area (Å²) in [6.45, 7) is 9.55. The molecule has 1 saturated heterocycles. The lowest BCUT2D eigenvalue weighted by Crippen LogP contribution is -3.13. The Labute approximate surface area is 195 Å². The number of carbonyl (C=O) groups is 1. The number of furan rings is 1. The average molecular weight is 497 g/mol. The lowest BCUT2D eigenvalue weighted by molar-refractivity contribution is -0.918. The molecule has 0 spiro atoms. The van der Waals surface area contributed by atoms with E-state index in [2.05, 4.69) is 27.8 Å². The average Bonchev–Trinajstić information content (AvgIpc) is 3.32. The lowest BCUT2D eigenvalue weighted by Gasteiger charge is -2.32. The maximum Gasteiger partial charge on any atom is 0.232 e. The fourth-order valence-electron chi connectivity index (χ4n) is 4.58. The van der Waals surface area contributed by atoms with Crippen molar-refractivity contribution in [1.82, 2.24) is 4.90 Å². The minimum Gasteiger partial charge on any atom is -0.872 e. The third kappa shape index (κ3) is 3.85. The lowest BCUT2D eigenvalue weighted by atomic mass is 9.99. The molecule has 1 fully saturated rings. The highest BCUT2D eigenvalue weighted by Gasteiger charge is 2.33. The Morgan fingerprint density at radius 2 is 2.00 bits per heavy atom. The molecule has 0 aliphatic carbocycles. The van der Waals surface area contributed by atoms with Crippen LogP contribution in [0.25, 0.3) is 17.0 Å². The van der Waals surface area contributed by atoms with E-state index in [4.69, 9.17) is 9.15 Å². The molecule has 5 rings (SSSR count). The third-order valence-corrected chi connectivity index (χ3v) is 6.90. The van der Waals surface area contributed by atoms with Gasteiger partial charge in [-0.3, -0.25) is 9.69 Å². The number of hydrogen-bond acceptors (Lipinski definition) is 5. The van der Waals surface area contributed by atoms with Gasteiger partial charge in [-0.15, -0.1) is 0 Å². The van der Waals surface area contributed by atoms with Crippen LogP contribution in [-0.2, 0) is 6.54 Å². The number of benzene rings is 2. The minimum absolute atomic E-state index is 0.0608. The van der Waals surface area contributed by atoms with Gasteiger partial charge in [-0.2, -0.15) is 0 Å². The van der Waals surface area contributed by atoms with Crippen LogP contribution >= 0.6 is 15.9 Å². The highest BCUT2D eigenvalue weighted by molar-refractivity contribution is 9.10. The van der Waals surface area contributed by atoms with E-state index in [-0.39, 0.29) is 17.3 Å². The van der Waals surface area contributed by atoms with E-state index in [9.17, 15) is 9.90 Å². The summed E-state index contributed by atoms with van der Waals surface area (Å²) in [5.41, 5.74) is 2.48. The number of likely N-dealkylation sites (N-methyl/N-ethyl adjacent to an activating group) is 1. The van der Waals surface area contributed by atoms with E-state index in [1.165, 1.54) is 4.90 Å². The van der Waals surface area contributed by atoms with Crippen LogP contribution in [0.1, 0.15) is 34.2 Å². The number of allylic oxidation sites excluding steroid dienone is 1. The molecule has 0 radical (unpaired) electrons. The van der Waals surface area contributed by atoms with Crippen molar-refractivity contribution >= 4 is 38.8 Å². The van der Waals surface area contributed by atoms with Crippen molar-refractivity contribution in [3.63, 3.8) is 0 Å². The Bertz CT molecular complexity index is 1240. The van der Waals surface area contributed by atoms with E-state index in [0.717, 1.165) is 48.2 Å². The molecule has 0 atom stereocenters. The maximum absolute atomic E-state index is 13.2. The van der Waals surface area contributed by atoms with E-state index in [0.29, 0.717) is 34.7 Å². The van der Waals surface area contributed by atoms with E-state index in [1.807, 2.05) is 24.3 Å². The van der Waals surface area contributed by atoms with Gasteiger partial charge >= 0.3 is 0 Å². The van der Waals surface area contributed by atoms with Crippen LogP contribution in [0.2, 0.25) is 0 Å². The number of ether oxygens (including phenoxy) is 1. The minimum atomic E-state index is -0.203. The number of fused-ring (bicyclic) bond motifs is 2. The molecular formula is C25H25BrN2O4. The van der Waals surface area contributed by atoms with Crippen LogP contribution in [0.5, 0.6) is 11.5 Å². The summed E-state index contributed by atoms with van der Waals surface area (Å²) >= 11 is 3.46. The van der Waals surface area contributed by atoms with Gasteiger partial charge in [0.05, 0.1) is 18.7 Å². The van der Waals surface area contributed by atoms with Gasteiger partial charge in [0, 0.05) is 34.6 Å². The molecule has 0 saturated carbocycles. The Morgan fingerprint density at radius 3 is 2.75 bits per heavy atom. The summed E-state index contributed by atoms with van der Waals surface area (Å²) in [4.78, 5) is 16.9. The van der Waals surface area contributed by atoms with E-state index >= 15 is 0 Å². The first-order valence-corrected chi connectivity index (χ1v) is 11.7. The summed E-state index contributed by atoms with van der Waals surface area (Å²) in [7, 11) is 0. The molecule has 6 nitrogen and oxygen atoms in total. The number of Topliss-reactive ketones (excluding diaryl/α,β-unsaturated/α-hetero) is 1. The van der Waals surface area contributed by atoms with Gasteiger partial charge in [0.2, 0.25) is 5.78 Å². The predicted molar refractivity (Wildman–Crippen MR) is 124 cm³/mol. The molecule has 7 heteroatoms. The van der Waals surface area contributed by atoms with Crippen molar-refractivity contribution in [2.45, 2.75) is 20.4 Å². The van der Waals surface area contributed by atoms with Crippen molar-refractivity contribution in [3.8, 4) is 11.5 Å². The summed E-state index contributed by atoms with van der Waals surface area (Å²) < 4.78 is 12.9. The molecule has 2 aromatic carbocycles. The maximum atomic E-state index is 13.2. The molecule has 0 unspecified atom stereocenters. The van der Waals surface area contributed by atoms with Gasteiger partial charge in [-0.1, -0.05) is 34.7 Å². The first-order chi connectivity index (χ1) is 15.4. The van der Waals surface area contributed by atoms with Crippen molar-refractivity contribution < 1.29 is 24.0 Å². The molecule has 3 aromatic rings. The number of rotatable bonds is 4. The summed E-state index contributed by atoms with van der Waals surface area (Å²) in [5, 5.41) is 13.8. The second-order valence-corrected chi connectivity index (χ2v) is 9.42. The second-order valence-electron chi connectivity index (χ2n) is 8.51. The fraction of sp³-hybridized carbons (Fsp3) is 0.320. The van der Waals surface area contributed by atoms with Crippen LogP contribution in [0, 0.1) is 6.92 Å². The van der Waals surface area contributed by atoms with E-state index in [1.54, 1.807) is 19.1 Å². The number of nitrogens with one attached hydrogen (secondary N) is 1. The molecule has 0 bridgehead atoms. The van der Waals surface area contributed by atoms with Crippen molar-refractivity contribution in [3.05, 3.63) is 63.0 Å². The van der Waals surface area contributed by atoms with Gasteiger partial charge in [-0.05, 0) is 43.3 Å². The molecule has 32 heavy (non-hydrogen) atoms. The Morgan fingerprint density at radius 1 is 1.22 bits per heavy atom. The number of halogens is 1. The summed E-state index contributed by atoms with van der Waals surface area (Å²) in [6.07, 6.45) is 1.62. The van der Waals surface area contributed by atoms with Gasteiger partial charge < -0.3 is 19.2 Å². The molecule has 2 aliphatic rings. The number of hydrogen-bond donors (Lipinski definition) is 1. The SMILES string of the molecule is CCN1CC[NH+](Cc2c([O-])cc(C)c3c2O/C(=C\c2cc4cc(Br)ccc4o2)C3=O)CC1. The van der Waals surface area contributed by atoms with Gasteiger partial charge in [-0.25, -0.2) is 0 Å². The topological polar surface area (TPSA) is 70.2 Å². The molecule has 0 amide bonds. The van der Waals surface area contributed by atoms with Crippen molar-refractivity contribution in [2.24, 2.45) is 0 Å². The van der Waals surface area contributed by atoms with Gasteiger partial charge in [0.25, 0.3) is 0 Å². The Hall–Kier alpha value is -2.61. The first-order valence-electron chi connectivity index (χ1n) is 11.0. The zero-order valence-electron chi connectivity index (χ0n) is 18.2. The van der Waals surface area contributed by atoms with Gasteiger partial charge in [0.1, 0.15) is 23.6 Å². The zero-order chi connectivity index (χ0) is 22.4. The van der Waals surface area contributed by atoms with Crippen LogP contribution in [-0.4, -0.2) is 43.4 Å². The van der Waals surface area contributed by atoms with Crippen molar-refractivity contribution in [2.75, 3.05) is 32.7 Å². The highest BCUT2D eigenvalue weighted by Crippen LogP contribution is 2.41. The van der Waals surface area contributed by atoms with Crippen LogP contribution in [0.3, 0.4) is 0 Å². The normalized spacial score (nSPS) is 18.5. The standard InChI is InChI=1S/C25H25BrN2O4/c1-3-27-6-8-28(9-7-27)14-19-20(29)10-15(2)23-24(30)22(32-25(19)23)13-18-12-16-11-17(26)4-5-21(16)31-18/h4-5,10-13,29H,3,6-9,14H2,1-2H3/b22-13-. The monoisotopic (exact) mass is 496 g/mol. The Kier molecular flexibility index (Phi) is 5.57. The number of piperazine rings is 1. The quantitative estimate of drug-likeness (QED) is 0.562. The number of carbonyl (C=O) groups excluding carboxylic acids is 1. The number of nitrogens with zero attached hydrogens (tertiary/aromatic N) is 1. The van der Waals surface area contributed by atoms with Crippen LogP contribution in [0.4, 0.5) is 0 Å². The molecule has 1 aromatic heterocycles. The third-order valence-electron chi connectivity index (χ3n) is 6.41. The molecular weight excluding hydrogens is 472 g/mol. The molecule has 3 heterocycles. The molecule has 2 aliphatic heterocycles. The predicted octanol–water partition coefficient (Wildman–Crippen LogP) is 2.91. The number of ketones is 1. The Balaban J connectivity index is 1.46. The largest absolute Gasteiger partial charge is 0.872 e. The summed E-state index contributed by atoms with van der Waals surface area (Å²) in [6, 6.07) is 9.18. The number of quaternary nitrogens is 1. The highest BCUT2D eigenvalue weighted by atomic mass is 79.9. The zero-order valence-corrected chi connectivity index (χ0v) is 19.8. The molecule has 1 N–H and O–H groups in total. The molecule has 166 valence electrons. The van der Waals surface area contributed by atoms with Gasteiger partial charge in [0.15, 0.2) is 5.76 Å². The van der Waals surface area contributed by atoms with Crippen LogP contribution in [0.15, 0.2) is 45.0 Å². The fourth-order valence-corrected chi connectivity index (χ4v) is 4.96. The van der Waals surface area contributed by atoms with Crippen LogP contribution < -0.4 is 14.7 Å². The smallest absolute Gasteiger partial charge is 0.232 e. The second kappa shape index (κ2) is 8.39. The summed E-state index contributed by atoms with van der Waals surface area (Å²) in [5.74, 6) is 0.895. The van der Waals surface area contributed by atoms with Crippen molar-refractivity contribution in [1.29, 1.82) is 0 Å². The number of aryl methyl sites for hydroxylation is 1. The van der Waals surface area contributed by atoms with E-state index < -0.39 is 0 Å².